The Morgan fingerprint density at radius 1 is 1.72 bits per heavy atom. The number of hydrogen-bond donors (Lipinski definition) is 2. The van der Waals surface area contributed by atoms with Crippen LogP contribution in [0.5, 0.6) is 0 Å². The summed E-state index contributed by atoms with van der Waals surface area (Å²) >= 11 is 0. The first kappa shape index (κ1) is 13.1. The quantitative estimate of drug-likeness (QED) is 0.842. The monoisotopic (exact) mass is 250 g/mol. The van der Waals surface area contributed by atoms with Crippen molar-refractivity contribution < 1.29 is 4.79 Å². The van der Waals surface area contributed by atoms with Gasteiger partial charge >= 0.3 is 0 Å². The third-order valence-corrected chi connectivity index (χ3v) is 3.91. The molecule has 2 atom stereocenters. The van der Waals surface area contributed by atoms with Crippen molar-refractivity contribution in [3.63, 3.8) is 0 Å². The topological polar surface area (TPSA) is 72.9 Å². The van der Waals surface area contributed by atoms with E-state index in [0.29, 0.717) is 18.2 Å². The molecule has 0 spiro atoms. The molecule has 3 N–H and O–H groups in total. The van der Waals surface area contributed by atoms with Gasteiger partial charge < -0.3 is 11.1 Å². The number of aromatic nitrogens is 2. The molecule has 0 aliphatic heterocycles. The molecule has 1 aromatic heterocycles. The molecule has 0 bridgehead atoms. The molecule has 100 valence electrons. The van der Waals surface area contributed by atoms with Crippen LogP contribution in [0.4, 0.5) is 0 Å². The molecule has 1 amide bonds. The average Bonchev–Trinajstić information content (AvgIpc) is 2.75. The van der Waals surface area contributed by atoms with E-state index in [1.807, 2.05) is 0 Å². The van der Waals surface area contributed by atoms with Gasteiger partial charge in [-0.1, -0.05) is 19.8 Å². The Hall–Kier alpha value is -1.36. The van der Waals surface area contributed by atoms with E-state index in [1.165, 1.54) is 6.42 Å². The van der Waals surface area contributed by atoms with Crippen LogP contribution in [-0.2, 0) is 7.05 Å². The van der Waals surface area contributed by atoms with E-state index in [-0.39, 0.29) is 11.4 Å². The zero-order valence-corrected chi connectivity index (χ0v) is 11.1. The van der Waals surface area contributed by atoms with Crippen molar-refractivity contribution in [1.29, 1.82) is 0 Å². The van der Waals surface area contributed by atoms with Gasteiger partial charge in [-0.25, -0.2) is 0 Å². The van der Waals surface area contributed by atoms with Gasteiger partial charge in [-0.2, -0.15) is 5.10 Å². The molecule has 5 nitrogen and oxygen atoms in total. The fraction of sp³-hybridized carbons (Fsp3) is 0.692. The second kappa shape index (κ2) is 5.10. The summed E-state index contributed by atoms with van der Waals surface area (Å²) in [5.74, 6) is 0.545. The standard InChI is InChI=1S/C13H22N4O/c1-10-4-3-6-13(8-10,9-14)16-12(18)11-5-7-15-17(11)2/h5,7,10H,3-4,6,8-9,14H2,1-2H3,(H,16,18). The smallest absolute Gasteiger partial charge is 0.270 e. The highest BCUT2D eigenvalue weighted by atomic mass is 16.2. The molecule has 1 aliphatic rings. The van der Waals surface area contributed by atoms with Crippen molar-refractivity contribution in [2.24, 2.45) is 18.7 Å². The summed E-state index contributed by atoms with van der Waals surface area (Å²) < 4.78 is 1.59. The van der Waals surface area contributed by atoms with Crippen LogP contribution >= 0.6 is 0 Å². The molecule has 1 heterocycles. The van der Waals surface area contributed by atoms with Crippen LogP contribution in [-0.4, -0.2) is 27.8 Å². The predicted molar refractivity (Wildman–Crippen MR) is 70.1 cm³/mol. The lowest BCUT2D eigenvalue weighted by Gasteiger charge is -2.39. The van der Waals surface area contributed by atoms with Crippen molar-refractivity contribution in [3.8, 4) is 0 Å². The summed E-state index contributed by atoms with van der Waals surface area (Å²) in [6.07, 6.45) is 5.92. The van der Waals surface area contributed by atoms with Gasteiger partial charge in [-0.15, -0.1) is 0 Å². The van der Waals surface area contributed by atoms with Crippen LogP contribution in [0.25, 0.3) is 0 Å². The molecule has 0 saturated heterocycles. The molecular weight excluding hydrogens is 228 g/mol. The number of nitrogens with zero attached hydrogens (tertiary/aromatic N) is 2. The maximum Gasteiger partial charge on any atom is 0.270 e. The molecule has 5 heteroatoms. The maximum absolute atomic E-state index is 12.2. The van der Waals surface area contributed by atoms with E-state index >= 15 is 0 Å². The lowest BCUT2D eigenvalue weighted by molar-refractivity contribution is 0.0844. The molecule has 1 aromatic rings. The summed E-state index contributed by atoms with van der Waals surface area (Å²) in [4.78, 5) is 12.2. The summed E-state index contributed by atoms with van der Waals surface area (Å²) in [7, 11) is 1.77. The van der Waals surface area contributed by atoms with Gasteiger partial charge in [0.2, 0.25) is 0 Å². The first-order chi connectivity index (χ1) is 8.56. The van der Waals surface area contributed by atoms with Crippen molar-refractivity contribution >= 4 is 5.91 Å². The molecule has 0 aromatic carbocycles. The molecule has 1 saturated carbocycles. The molecule has 2 unspecified atom stereocenters. The van der Waals surface area contributed by atoms with Crippen LogP contribution in [0.2, 0.25) is 0 Å². The number of aryl methyl sites for hydroxylation is 1. The highest BCUT2D eigenvalue weighted by Crippen LogP contribution is 2.31. The predicted octanol–water partition coefficient (Wildman–Crippen LogP) is 1.06. The largest absolute Gasteiger partial charge is 0.344 e. The van der Waals surface area contributed by atoms with Gasteiger partial charge in [0, 0.05) is 19.8 Å². The van der Waals surface area contributed by atoms with Crippen LogP contribution in [0, 0.1) is 5.92 Å². The summed E-state index contributed by atoms with van der Waals surface area (Å²) in [6, 6.07) is 1.73. The molecule has 1 aliphatic carbocycles. The first-order valence-electron chi connectivity index (χ1n) is 6.57. The van der Waals surface area contributed by atoms with Crippen LogP contribution in [0.1, 0.15) is 43.1 Å². The lowest BCUT2D eigenvalue weighted by atomic mass is 9.76. The zero-order valence-electron chi connectivity index (χ0n) is 11.1. The Kier molecular flexibility index (Phi) is 3.71. The Morgan fingerprint density at radius 2 is 2.50 bits per heavy atom. The van der Waals surface area contributed by atoms with Crippen molar-refractivity contribution in [1.82, 2.24) is 15.1 Å². The number of carbonyl (C=O) groups excluding carboxylic acids is 1. The van der Waals surface area contributed by atoms with E-state index in [1.54, 1.807) is 24.0 Å². The zero-order chi connectivity index (χ0) is 13.2. The van der Waals surface area contributed by atoms with Gasteiger partial charge in [0.15, 0.2) is 0 Å². The fourth-order valence-electron chi connectivity index (χ4n) is 2.91. The normalized spacial score (nSPS) is 28.1. The number of carbonyl (C=O) groups is 1. The molecule has 18 heavy (non-hydrogen) atoms. The minimum atomic E-state index is -0.237. The Morgan fingerprint density at radius 3 is 3.06 bits per heavy atom. The van der Waals surface area contributed by atoms with Crippen molar-refractivity contribution in [2.75, 3.05) is 6.54 Å². The number of amides is 1. The van der Waals surface area contributed by atoms with E-state index in [4.69, 9.17) is 5.73 Å². The van der Waals surface area contributed by atoms with Gasteiger partial charge in [-0.05, 0) is 24.8 Å². The molecular formula is C13H22N4O. The molecule has 1 fully saturated rings. The van der Waals surface area contributed by atoms with E-state index in [9.17, 15) is 4.79 Å². The van der Waals surface area contributed by atoms with Crippen LogP contribution < -0.4 is 11.1 Å². The lowest BCUT2D eigenvalue weighted by Crippen LogP contribution is -2.56. The van der Waals surface area contributed by atoms with Gasteiger partial charge in [-0.3, -0.25) is 9.48 Å². The Bertz CT molecular complexity index is 428. The SMILES string of the molecule is CC1CCCC(CN)(NC(=O)c2ccnn2C)C1. The minimum Gasteiger partial charge on any atom is -0.344 e. The van der Waals surface area contributed by atoms with E-state index < -0.39 is 0 Å². The number of hydrogen-bond acceptors (Lipinski definition) is 3. The summed E-state index contributed by atoms with van der Waals surface area (Å²) in [6.45, 7) is 2.72. The average molecular weight is 250 g/mol. The molecule has 0 radical (unpaired) electrons. The Balaban J connectivity index is 2.11. The van der Waals surface area contributed by atoms with E-state index in [2.05, 4.69) is 17.3 Å². The van der Waals surface area contributed by atoms with Crippen LogP contribution in [0.3, 0.4) is 0 Å². The van der Waals surface area contributed by atoms with Gasteiger partial charge in [0.25, 0.3) is 5.91 Å². The van der Waals surface area contributed by atoms with Gasteiger partial charge in [0.1, 0.15) is 5.69 Å². The van der Waals surface area contributed by atoms with Crippen molar-refractivity contribution in [3.05, 3.63) is 18.0 Å². The highest BCUT2D eigenvalue weighted by Gasteiger charge is 2.35. The number of nitrogens with one attached hydrogen (secondary N) is 1. The molecule has 2 rings (SSSR count). The van der Waals surface area contributed by atoms with E-state index in [0.717, 1.165) is 19.3 Å². The number of rotatable bonds is 3. The minimum absolute atomic E-state index is 0.0745. The third-order valence-electron chi connectivity index (χ3n) is 3.91. The third kappa shape index (κ3) is 2.56. The van der Waals surface area contributed by atoms with Gasteiger partial charge in [0.05, 0.1) is 5.54 Å². The number of nitrogens with two attached hydrogens (primary N) is 1. The Labute approximate surface area is 108 Å². The second-order valence-corrected chi connectivity index (χ2v) is 5.48. The highest BCUT2D eigenvalue weighted by molar-refractivity contribution is 5.93. The summed E-state index contributed by atoms with van der Waals surface area (Å²) in [5.41, 5.74) is 6.25. The second-order valence-electron chi connectivity index (χ2n) is 5.48. The first-order valence-corrected chi connectivity index (χ1v) is 6.57. The van der Waals surface area contributed by atoms with Crippen LogP contribution in [0.15, 0.2) is 12.3 Å². The van der Waals surface area contributed by atoms with Crippen molar-refractivity contribution in [2.45, 2.75) is 38.1 Å². The maximum atomic E-state index is 12.2. The summed E-state index contributed by atoms with van der Waals surface area (Å²) in [5, 5.41) is 7.15. The fourth-order valence-corrected chi connectivity index (χ4v) is 2.91.